The molecular weight excluding hydrogens is 468 g/mol. The van der Waals surface area contributed by atoms with Crippen molar-refractivity contribution in [3.63, 3.8) is 0 Å². The summed E-state index contributed by atoms with van der Waals surface area (Å²) in [6.07, 6.45) is 1.33. The van der Waals surface area contributed by atoms with Gasteiger partial charge in [0.2, 0.25) is 0 Å². The van der Waals surface area contributed by atoms with E-state index < -0.39 is 11.8 Å². The van der Waals surface area contributed by atoms with Crippen LogP contribution in [0.3, 0.4) is 0 Å². The number of nitrogens with zero attached hydrogens (tertiary/aromatic N) is 1. The minimum atomic E-state index is -0.920. The number of ether oxygens (including phenoxy) is 1. The largest absolute Gasteiger partial charge is 0.483 e. The summed E-state index contributed by atoms with van der Waals surface area (Å²) in [5.41, 5.74) is 6.59. The van der Waals surface area contributed by atoms with E-state index in [1.165, 1.54) is 6.21 Å². The van der Waals surface area contributed by atoms with Crippen molar-refractivity contribution < 1.29 is 19.1 Å². The van der Waals surface area contributed by atoms with Crippen LogP contribution in [0.25, 0.3) is 0 Å². The molecule has 0 bridgehead atoms. The van der Waals surface area contributed by atoms with Crippen LogP contribution in [0.2, 0.25) is 5.02 Å². The number of hydrogen-bond donors (Lipinski definition) is 3. The van der Waals surface area contributed by atoms with E-state index >= 15 is 0 Å². The Labute approximate surface area is 208 Å². The topological polar surface area (TPSA) is 109 Å². The quantitative estimate of drug-likeness (QED) is 0.258. The van der Waals surface area contributed by atoms with E-state index in [9.17, 15) is 14.4 Å². The lowest BCUT2D eigenvalue weighted by Gasteiger charge is -2.11. The van der Waals surface area contributed by atoms with Crippen LogP contribution in [-0.2, 0) is 14.4 Å². The molecule has 0 aliphatic carbocycles. The molecule has 0 saturated heterocycles. The van der Waals surface area contributed by atoms with Crippen molar-refractivity contribution in [2.24, 2.45) is 5.10 Å². The van der Waals surface area contributed by atoms with Crippen LogP contribution >= 0.6 is 11.6 Å². The van der Waals surface area contributed by atoms with Gasteiger partial charge in [-0.25, -0.2) is 5.43 Å². The normalized spacial score (nSPS) is 10.6. The number of carbonyl (C=O) groups excluding carboxylic acids is 3. The Morgan fingerprint density at radius 3 is 2.46 bits per heavy atom. The van der Waals surface area contributed by atoms with Crippen LogP contribution in [-0.4, -0.2) is 30.5 Å². The van der Waals surface area contributed by atoms with Crippen molar-refractivity contribution in [3.8, 4) is 5.75 Å². The zero-order chi connectivity index (χ0) is 25.4. The number of hydrogen-bond acceptors (Lipinski definition) is 5. The highest BCUT2D eigenvalue weighted by Gasteiger charge is 2.14. The van der Waals surface area contributed by atoms with Gasteiger partial charge >= 0.3 is 11.8 Å². The van der Waals surface area contributed by atoms with Gasteiger partial charge in [0, 0.05) is 22.0 Å². The van der Waals surface area contributed by atoms with Gasteiger partial charge in [0.15, 0.2) is 6.61 Å². The van der Waals surface area contributed by atoms with E-state index in [-0.39, 0.29) is 12.5 Å². The van der Waals surface area contributed by atoms with E-state index in [1.54, 1.807) is 54.6 Å². The Morgan fingerprint density at radius 2 is 1.66 bits per heavy atom. The maximum Gasteiger partial charge on any atom is 0.329 e. The van der Waals surface area contributed by atoms with E-state index in [4.69, 9.17) is 16.3 Å². The van der Waals surface area contributed by atoms with Gasteiger partial charge < -0.3 is 15.4 Å². The van der Waals surface area contributed by atoms with Gasteiger partial charge in [0.1, 0.15) is 5.75 Å². The number of amides is 3. The Balaban J connectivity index is 1.56. The molecule has 9 heteroatoms. The van der Waals surface area contributed by atoms with Crippen molar-refractivity contribution in [3.05, 3.63) is 87.9 Å². The molecule has 0 saturated carbocycles. The number of benzene rings is 3. The average molecular weight is 493 g/mol. The Kier molecular flexibility index (Phi) is 8.58. The van der Waals surface area contributed by atoms with Gasteiger partial charge in [-0.2, -0.15) is 5.10 Å². The van der Waals surface area contributed by atoms with Gasteiger partial charge in [-0.15, -0.1) is 0 Å². The van der Waals surface area contributed by atoms with Gasteiger partial charge in [-0.1, -0.05) is 41.9 Å². The maximum absolute atomic E-state index is 12.3. The van der Waals surface area contributed by atoms with Gasteiger partial charge in [0.05, 0.1) is 6.21 Å². The van der Waals surface area contributed by atoms with E-state index in [2.05, 4.69) is 21.2 Å². The van der Waals surface area contributed by atoms with Crippen LogP contribution in [0.1, 0.15) is 22.3 Å². The third-order valence-electron chi connectivity index (χ3n) is 5.18. The number of para-hydroxylation sites is 1. The summed E-state index contributed by atoms with van der Waals surface area (Å²) in [6, 6.07) is 17.5. The molecule has 35 heavy (non-hydrogen) atoms. The summed E-state index contributed by atoms with van der Waals surface area (Å²) in [5, 5.41) is 9.68. The highest BCUT2D eigenvalue weighted by atomic mass is 35.5. The first-order valence-electron chi connectivity index (χ1n) is 10.7. The highest BCUT2D eigenvalue weighted by molar-refractivity contribution is 6.39. The van der Waals surface area contributed by atoms with Crippen molar-refractivity contribution in [2.75, 3.05) is 17.2 Å². The Hall–Kier alpha value is -4.17. The third-order valence-corrected chi connectivity index (χ3v) is 5.42. The highest BCUT2D eigenvalue weighted by Crippen LogP contribution is 2.21. The molecule has 3 aromatic carbocycles. The fourth-order valence-electron chi connectivity index (χ4n) is 3.05. The number of hydrazone groups is 1. The number of rotatable bonds is 7. The number of nitrogens with one attached hydrogen (secondary N) is 3. The molecule has 0 unspecified atom stereocenters. The molecule has 0 spiro atoms. The number of carbonyl (C=O) groups is 3. The smallest absolute Gasteiger partial charge is 0.329 e. The molecule has 3 rings (SSSR count). The number of aryl methyl sites for hydroxylation is 2. The second-order valence-electron chi connectivity index (χ2n) is 7.73. The van der Waals surface area contributed by atoms with Gasteiger partial charge in [-0.3, -0.25) is 14.4 Å². The van der Waals surface area contributed by atoms with Gasteiger partial charge in [-0.05, 0) is 67.8 Å². The second-order valence-corrected chi connectivity index (χ2v) is 8.17. The lowest BCUT2D eigenvalue weighted by molar-refractivity contribution is -0.136. The first-order chi connectivity index (χ1) is 16.7. The third kappa shape index (κ3) is 7.15. The molecule has 180 valence electrons. The van der Waals surface area contributed by atoms with Crippen LogP contribution in [0, 0.1) is 20.8 Å². The first-order valence-corrected chi connectivity index (χ1v) is 11.1. The summed E-state index contributed by atoms with van der Waals surface area (Å²) < 4.78 is 5.62. The molecule has 0 heterocycles. The molecule has 3 aromatic rings. The average Bonchev–Trinajstić information content (AvgIpc) is 2.83. The molecule has 3 N–H and O–H groups in total. The number of halogens is 1. The minimum Gasteiger partial charge on any atom is -0.483 e. The maximum atomic E-state index is 12.3. The standard InChI is InChI=1S/C26H25ClN4O4/c1-16-7-6-9-21(18(16)3)30-25(33)26(34)31-28-14-19-8-4-5-10-23(19)35-15-24(32)29-22-13-20(27)12-11-17(22)2/h4-14H,15H2,1-3H3,(H,29,32)(H,30,33)(H,31,34)/b28-14-. The summed E-state index contributed by atoms with van der Waals surface area (Å²) in [5.74, 6) is -1.74. The van der Waals surface area contributed by atoms with Crippen LogP contribution in [0.15, 0.2) is 65.8 Å². The van der Waals surface area contributed by atoms with E-state index in [0.717, 1.165) is 16.7 Å². The van der Waals surface area contributed by atoms with Crippen molar-refractivity contribution in [1.82, 2.24) is 5.43 Å². The zero-order valence-corrected chi connectivity index (χ0v) is 20.3. The molecule has 0 aromatic heterocycles. The fourth-order valence-corrected chi connectivity index (χ4v) is 3.23. The summed E-state index contributed by atoms with van der Waals surface area (Å²) in [7, 11) is 0. The monoisotopic (exact) mass is 492 g/mol. The predicted octanol–water partition coefficient (Wildman–Crippen LogP) is 4.37. The van der Waals surface area contributed by atoms with E-state index in [0.29, 0.717) is 27.7 Å². The van der Waals surface area contributed by atoms with Crippen molar-refractivity contribution in [1.29, 1.82) is 0 Å². The minimum absolute atomic E-state index is 0.249. The molecule has 0 atom stereocenters. The van der Waals surface area contributed by atoms with Crippen molar-refractivity contribution in [2.45, 2.75) is 20.8 Å². The Bertz CT molecular complexity index is 1290. The van der Waals surface area contributed by atoms with Gasteiger partial charge in [0.25, 0.3) is 5.91 Å². The summed E-state index contributed by atoms with van der Waals surface area (Å²) in [6.45, 7) is 5.38. The van der Waals surface area contributed by atoms with Crippen molar-refractivity contribution >= 4 is 46.9 Å². The molecule has 0 fully saturated rings. The lowest BCUT2D eigenvalue weighted by Crippen LogP contribution is -2.32. The number of anilines is 2. The van der Waals surface area contributed by atoms with Crippen LogP contribution in [0.4, 0.5) is 11.4 Å². The predicted molar refractivity (Wildman–Crippen MR) is 137 cm³/mol. The van der Waals surface area contributed by atoms with E-state index in [1.807, 2.05) is 26.8 Å². The molecular formula is C26H25ClN4O4. The van der Waals surface area contributed by atoms with Crippen LogP contribution < -0.4 is 20.8 Å². The second kappa shape index (κ2) is 11.8. The van der Waals surface area contributed by atoms with Crippen LogP contribution in [0.5, 0.6) is 5.75 Å². The lowest BCUT2D eigenvalue weighted by atomic mass is 10.1. The molecule has 0 radical (unpaired) electrons. The Morgan fingerprint density at radius 1 is 0.886 bits per heavy atom. The fraction of sp³-hybridized carbons (Fsp3) is 0.154. The molecule has 3 amide bonds. The SMILES string of the molecule is Cc1ccc(Cl)cc1NC(=O)COc1ccccc1/C=N\NC(=O)C(=O)Nc1cccc(C)c1C. The molecule has 8 nitrogen and oxygen atoms in total. The first kappa shape index (κ1) is 25.5. The summed E-state index contributed by atoms with van der Waals surface area (Å²) in [4.78, 5) is 36.6. The zero-order valence-electron chi connectivity index (χ0n) is 19.5. The molecule has 0 aliphatic rings. The summed E-state index contributed by atoms with van der Waals surface area (Å²) >= 11 is 5.99. The molecule has 0 aliphatic heterocycles.